The van der Waals surface area contributed by atoms with Crippen molar-refractivity contribution in [2.24, 2.45) is 5.73 Å². The second-order valence-corrected chi connectivity index (χ2v) is 4.58. The third kappa shape index (κ3) is 3.66. The Morgan fingerprint density at radius 1 is 1.11 bits per heavy atom. The molecule has 0 aliphatic heterocycles. The molecule has 0 heterocycles. The van der Waals surface area contributed by atoms with Gasteiger partial charge in [0.1, 0.15) is 11.6 Å². The van der Waals surface area contributed by atoms with E-state index < -0.39 is 11.6 Å². The molecule has 3 N–H and O–H groups in total. The Morgan fingerprint density at radius 2 is 1.79 bits per heavy atom. The maximum absolute atomic E-state index is 13.2. The molecule has 2 aromatic rings. The van der Waals surface area contributed by atoms with Crippen molar-refractivity contribution < 1.29 is 8.78 Å². The van der Waals surface area contributed by atoms with E-state index in [1.54, 1.807) is 18.2 Å². The first-order valence-corrected chi connectivity index (χ1v) is 6.14. The lowest BCUT2D eigenvalue weighted by Crippen LogP contribution is -2.20. The molecule has 5 heteroatoms. The van der Waals surface area contributed by atoms with Gasteiger partial charge < -0.3 is 11.1 Å². The van der Waals surface area contributed by atoms with Gasteiger partial charge in [-0.2, -0.15) is 0 Å². The minimum absolute atomic E-state index is 0.204. The molecule has 0 aliphatic rings. The Morgan fingerprint density at radius 3 is 2.37 bits per heavy atom. The van der Waals surface area contributed by atoms with E-state index in [9.17, 15) is 8.78 Å². The summed E-state index contributed by atoms with van der Waals surface area (Å²) in [5.74, 6) is -1.25. The summed E-state index contributed by atoms with van der Waals surface area (Å²) in [6, 6.07) is 10.0. The maximum Gasteiger partial charge on any atom is 0.126 e. The number of rotatable bonds is 4. The first-order valence-electron chi connectivity index (χ1n) is 5.76. The van der Waals surface area contributed by atoms with Crippen molar-refractivity contribution in [3.63, 3.8) is 0 Å². The van der Waals surface area contributed by atoms with Gasteiger partial charge in [-0.25, -0.2) is 8.78 Å². The van der Waals surface area contributed by atoms with E-state index in [1.165, 1.54) is 12.1 Å². The standard InChI is InChI=1S/C14H13ClF2N2/c15-10-2-1-3-13(6-10)19-14(8-18)9-4-11(16)7-12(17)5-9/h1-7,14,19H,8,18H2. The molecule has 0 spiro atoms. The number of anilines is 1. The molecule has 100 valence electrons. The molecule has 0 aliphatic carbocycles. The number of nitrogens with one attached hydrogen (secondary N) is 1. The summed E-state index contributed by atoms with van der Waals surface area (Å²) in [6.45, 7) is 0.204. The van der Waals surface area contributed by atoms with Gasteiger partial charge >= 0.3 is 0 Å². The first kappa shape index (κ1) is 13.8. The number of hydrogen-bond donors (Lipinski definition) is 2. The number of hydrogen-bond acceptors (Lipinski definition) is 2. The molecular weight excluding hydrogens is 270 g/mol. The largest absolute Gasteiger partial charge is 0.377 e. The van der Waals surface area contributed by atoms with Crippen molar-refractivity contribution in [2.75, 3.05) is 11.9 Å². The molecular formula is C14H13ClF2N2. The lowest BCUT2D eigenvalue weighted by Gasteiger charge is -2.19. The van der Waals surface area contributed by atoms with Crippen LogP contribution in [0.4, 0.5) is 14.5 Å². The smallest absolute Gasteiger partial charge is 0.126 e. The monoisotopic (exact) mass is 282 g/mol. The highest BCUT2D eigenvalue weighted by atomic mass is 35.5. The zero-order valence-corrected chi connectivity index (χ0v) is 10.8. The van der Waals surface area contributed by atoms with Crippen molar-refractivity contribution >= 4 is 17.3 Å². The van der Waals surface area contributed by atoms with Crippen molar-refractivity contribution in [2.45, 2.75) is 6.04 Å². The molecule has 0 saturated carbocycles. The van der Waals surface area contributed by atoms with Crippen LogP contribution >= 0.6 is 11.6 Å². The summed E-state index contributed by atoms with van der Waals surface area (Å²) in [5, 5.41) is 3.67. The Balaban J connectivity index is 2.24. The second kappa shape index (κ2) is 5.99. The van der Waals surface area contributed by atoms with E-state index in [4.69, 9.17) is 17.3 Å². The molecule has 2 aromatic carbocycles. The third-order valence-corrected chi connectivity index (χ3v) is 2.92. The predicted octanol–water partition coefficient (Wildman–Crippen LogP) is 3.73. The highest BCUT2D eigenvalue weighted by Crippen LogP contribution is 2.22. The fourth-order valence-electron chi connectivity index (χ4n) is 1.83. The molecule has 2 rings (SSSR count). The van der Waals surface area contributed by atoms with E-state index in [1.807, 2.05) is 6.07 Å². The van der Waals surface area contributed by atoms with E-state index in [2.05, 4.69) is 5.32 Å². The van der Waals surface area contributed by atoms with Crippen LogP contribution in [-0.4, -0.2) is 6.54 Å². The molecule has 0 fully saturated rings. The van der Waals surface area contributed by atoms with Crippen LogP contribution in [-0.2, 0) is 0 Å². The Kier molecular flexibility index (Phi) is 4.35. The van der Waals surface area contributed by atoms with Gasteiger partial charge in [0.15, 0.2) is 0 Å². The van der Waals surface area contributed by atoms with Gasteiger partial charge in [-0.3, -0.25) is 0 Å². The van der Waals surface area contributed by atoms with Crippen molar-refractivity contribution in [3.8, 4) is 0 Å². The summed E-state index contributed by atoms with van der Waals surface area (Å²) in [5.41, 5.74) is 6.85. The van der Waals surface area contributed by atoms with Gasteiger partial charge in [0.25, 0.3) is 0 Å². The van der Waals surface area contributed by atoms with E-state index >= 15 is 0 Å². The predicted molar refractivity (Wildman–Crippen MR) is 73.2 cm³/mol. The van der Waals surface area contributed by atoms with Gasteiger partial charge in [-0.05, 0) is 35.9 Å². The SMILES string of the molecule is NCC(Nc1cccc(Cl)c1)c1cc(F)cc(F)c1. The van der Waals surface area contributed by atoms with Crippen molar-refractivity contribution in [3.05, 3.63) is 64.7 Å². The number of nitrogens with two attached hydrogens (primary N) is 1. The first-order chi connectivity index (χ1) is 9.08. The summed E-state index contributed by atoms with van der Waals surface area (Å²) < 4.78 is 26.4. The molecule has 0 aromatic heterocycles. The van der Waals surface area contributed by atoms with Crippen LogP contribution in [0.25, 0.3) is 0 Å². The third-order valence-electron chi connectivity index (χ3n) is 2.69. The lowest BCUT2D eigenvalue weighted by atomic mass is 10.1. The Bertz CT molecular complexity index is 555. The van der Waals surface area contributed by atoms with Crippen molar-refractivity contribution in [1.82, 2.24) is 0 Å². The van der Waals surface area contributed by atoms with Gasteiger partial charge in [-0.1, -0.05) is 17.7 Å². The second-order valence-electron chi connectivity index (χ2n) is 4.15. The molecule has 1 atom stereocenters. The maximum atomic E-state index is 13.2. The normalized spacial score (nSPS) is 12.2. The highest BCUT2D eigenvalue weighted by molar-refractivity contribution is 6.30. The quantitative estimate of drug-likeness (QED) is 0.897. The van der Waals surface area contributed by atoms with Crippen LogP contribution in [0.1, 0.15) is 11.6 Å². The zero-order chi connectivity index (χ0) is 13.8. The molecule has 19 heavy (non-hydrogen) atoms. The summed E-state index contributed by atoms with van der Waals surface area (Å²) in [4.78, 5) is 0. The minimum Gasteiger partial charge on any atom is -0.377 e. The Labute approximate surface area is 115 Å². The number of halogens is 3. The van der Waals surface area contributed by atoms with Crippen LogP contribution in [0, 0.1) is 11.6 Å². The average molecular weight is 283 g/mol. The van der Waals surface area contributed by atoms with E-state index in [-0.39, 0.29) is 12.6 Å². The molecule has 1 unspecified atom stereocenters. The molecule has 0 radical (unpaired) electrons. The van der Waals surface area contributed by atoms with Crippen LogP contribution < -0.4 is 11.1 Å². The fraction of sp³-hybridized carbons (Fsp3) is 0.143. The highest BCUT2D eigenvalue weighted by Gasteiger charge is 2.12. The van der Waals surface area contributed by atoms with E-state index in [0.717, 1.165) is 11.8 Å². The molecule has 0 amide bonds. The summed E-state index contributed by atoms with van der Waals surface area (Å²) in [7, 11) is 0. The summed E-state index contributed by atoms with van der Waals surface area (Å²) >= 11 is 5.88. The number of benzene rings is 2. The fourth-order valence-corrected chi connectivity index (χ4v) is 2.02. The lowest BCUT2D eigenvalue weighted by molar-refractivity contribution is 0.576. The van der Waals surface area contributed by atoms with Gasteiger partial charge in [0.2, 0.25) is 0 Å². The zero-order valence-electron chi connectivity index (χ0n) is 10.0. The van der Waals surface area contributed by atoms with Crippen LogP contribution in [0.5, 0.6) is 0 Å². The van der Waals surface area contributed by atoms with Gasteiger partial charge in [0, 0.05) is 23.3 Å². The van der Waals surface area contributed by atoms with Gasteiger partial charge in [-0.15, -0.1) is 0 Å². The molecule has 0 saturated heterocycles. The van der Waals surface area contributed by atoms with Gasteiger partial charge in [0.05, 0.1) is 6.04 Å². The average Bonchev–Trinajstić information content (AvgIpc) is 2.34. The summed E-state index contributed by atoms with van der Waals surface area (Å²) in [6.07, 6.45) is 0. The van der Waals surface area contributed by atoms with E-state index in [0.29, 0.717) is 10.6 Å². The minimum atomic E-state index is -0.624. The van der Waals surface area contributed by atoms with Crippen molar-refractivity contribution in [1.29, 1.82) is 0 Å². The molecule has 2 nitrogen and oxygen atoms in total. The topological polar surface area (TPSA) is 38.0 Å². The van der Waals surface area contributed by atoms with Crippen LogP contribution in [0.3, 0.4) is 0 Å². The molecule has 0 bridgehead atoms. The van der Waals surface area contributed by atoms with Crippen LogP contribution in [0.2, 0.25) is 5.02 Å². The van der Waals surface area contributed by atoms with Crippen LogP contribution in [0.15, 0.2) is 42.5 Å². The Hall–Kier alpha value is -1.65.